The minimum Gasteiger partial charge on any atom is -0.303 e. The number of hydrogen-bond acceptors (Lipinski definition) is 3. The lowest BCUT2D eigenvalue weighted by molar-refractivity contribution is -0.107. The van der Waals surface area contributed by atoms with Gasteiger partial charge in [0.1, 0.15) is 6.29 Å². The topological polar surface area (TPSA) is 32.3 Å². The van der Waals surface area contributed by atoms with E-state index in [1.54, 1.807) is 0 Å². The number of carbonyl (C=O) groups is 1. The van der Waals surface area contributed by atoms with Crippen LogP contribution in [0.2, 0.25) is 0 Å². The molecule has 0 aliphatic heterocycles. The summed E-state index contributed by atoms with van der Waals surface area (Å²) in [5.74, 6) is 1.03. The molecule has 436 valence electrons. The Bertz CT molecular complexity index is 889. The number of rotatable bonds is 51. The standard InChI is InChI=1S/C23H48N2.C17H36.C15H32.C8H16O.C4H8.C2H4/c1-6-7-8-9-10-14-17-20-23(25(5)24-4)21-18-15-12-11-13-16-19-22(2)3;1-4-7-9-11-12-14-16-17(6-3)15-13-10-8-5-2;1-3-5-7-9-11-13-15-14-12-10-8-6-4-2;1-2-3-4-5-6-7-8-9;1-3-4-2;1-2/h23-24H,2,6-21H2,1,3-5H3;17H,4-16H2,1-3H3;3-15H2,1-2H3;8H,2-7H2,1H3;3H,1,4H2,2H3;1-2H2. The minimum atomic E-state index is 0.712. The molecule has 2 atom stereocenters. The molecule has 0 heterocycles. The van der Waals surface area contributed by atoms with E-state index in [0.29, 0.717) is 6.04 Å². The Morgan fingerprint density at radius 2 is 0.681 bits per heavy atom. The molecule has 2 unspecified atom stereocenters. The molecule has 0 bridgehead atoms. The summed E-state index contributed by atoms with van der Waals surface area (Å²) in [7, 11) is 4.27. The Labute approximate surface area is 460 Å². The normalized spacial score (nSPS) is 11.3. The number of unbranched alkanes of at least 4 members (excludes halogenated alkanes) is 36. The zero-order chi connectivity index (χ0) is 55.1. The predicted molar refractivity (Wildman–Crippen MR) is 338 cm³/mol. The third kappa shape index (κ3) is 88.4. The number of hydrogen-bond donors (Lipinski definition) is 1. The summed E-state index contributed by atoms with van der Waals surface area (Å²) in [5, 5.41) is 2.34. The van der Waals surface area contributed by atoms with Gasteiger partial charge in [-0.25, -0.2) is 5.01 Å². The number of allylic oxidation sites excluding steroid dienone is 2. The fraction of sp³-hybridized carbons (Fsp3) is 0.899. The van der Waals surface area contributed by atoms with Crippen LogP contribution in [0.25, 0.3) is 0 Å². The summed E-state index contributed by atoms with van der Waals surface area (Å²) in [6.45, 7) is 33.7. The van der Waals surface area contributed by atoms with Crippen LogP contribution in [0, 0.1) is 5.92 Å². The van der Waals surface area contributed by atoms with Crippen LogP contribution in [-0.4, -0.2) is 31.4 Å². The van der Waals surface area contributed by atoms with E-state index in [1.807, 2.05) is 6.08 Å². The van der Waals surface area contributed by atoms with E-state index in [1.165, 1.54) is 301 Å². The predicted octanol–water partition coefficient (Wildman–Crippen LogP) is 25.0. The molecule has 1 N–H and O–H groups in total. The molecule has 0 rings (SSSR count). The summed E-state index contributed by atoms with van der Waals surface area (Å²) < 4.78 is 0. The Hall–Kier alpha value is -1.19. The summed E-state index contributed by atoms with van der Waals surface area (Å²) >= 11 is 0. The third-order valence-electron chi connectivity index (χ3n) is 14.4. The van der Waals surface area contributed by atoms with Crippen molar-refractivity contribution in [3.8, 4) is 0 Å². The van der Waals surface area contributed by atoms with E-state index >= 15 is 0 Å². The maximum absolute atomic E-state index is 9.84. The Morgan fingerprint density at radius 3 is 0.931 bits per heavy atom. The van der Waals surface area contributed by atoms with Gasteiger partial charge in [0.05, 0.1) is 0 Å². The monoisotopic (exact) mass is 1020 g/mol. The lowest BCUT2D eigenvalue weighted by Crippen LogP contribution is -2.40. The zero-order valence-corrected chi connectivity index (χ0v) is 52.6. The first-order chi connectivity index (χ1) is 35.2. The van der Waals surface area contributed by atoms with Crippen LogP contribution in [-0.2, 0) is 4.79 Å². The first kappa shape index (κ1) is 82.2. The molecule has 0 saturated carbocycles. The van der Waals surface area contributed by atoms with Crippen molar-refractivity contribution in [3.05, 3.63) is 38.0 Å². The molecular weight excluding hydrogens is 873 g/mol. The zero-order valence-electron chi connectivity index (χ0n) is 52.6. The van der Waals surface area contributed by atoms with Crippen LogP contribution >= 0.6 is 0 Å². The molecule has 0 radical (unpaired) electrons. The molecule has 0 fully saturated rings. The molecule has 3 heteroatoms. The van der Waals surface area contributed by atoms with Crippen molar-refractivity contribution in [3.63, 3.8) is 0 Å². The van der Waals surface area contributed by atoms with E-state index in [0.717, 1.165) is 31.5 Å². The van der Waals surface area contributed by atoms with Crippen LogP contribution < -0.4 is 5.43 Å². The lowest BCUT2D eigenvalue weighted by Gasteiger charge is -2.27. The van der Waals surface area contributed by atoms with Gasteiger partial charge in [-0.3, -0.25) is 5.43 Å². The minimum absolute atomic E-state index is 0.712. The van der Waals surface area contributed by atoms with Gasteiger partial charge in [0.2, 0.25) is 0 Å². The summed E-state index contributed by atoms with van der Waals surface area (Å²) in [6.07, 6.45) is 70.8. The molecular formula is C69H144N2O. The van der Waals surface area contributed by atoms with Crippen LogP contribution in [0.15, 0.2) is 38.0 Å². The first-order valence-corrected chi connectivity index (χ1v) is 32.8. The highest BCUT2D eigenvalue weighted by Gasteiger charge is 2.13. The average molecular weight is 1020 g/mol. The van der Waals surface area contributed by atoms with Gasteiger partial charge in [-0.2, -0.15) is 0 Å². The SMILES string of the molecule is C=C.C=C(C)CCCCCCCCC(CCCCCCCCC)N(C)NC.C=CCC.CCCCCCCC=O.CCCCCCCCC(CC)CCCCCC.CCCCCCCCCCCCCCC. The third-order valence-corrected chi connectivity index (χ3v) is 14.4. The second kappa shape index (κ2) is 83.8. The molecule has 0 spiro atoms. The van der Waals surface area contributed by atoms with Crippen molar-refractivity contribution in [2.24, 2.45) is 5.92 Å². The van der Waals surface area contributed by atoms with Crippen molar-refractivity contribution in [2.75, 3.05) is 14.1 Å². The maximum atomic E-state index is 9.84. The van der Waals surface area contributed by atoms with Crippen molar-refractivity contribution < 1.29 is 4.79 Å². The molecule has 0 aromatic heterocycles. The summed E-state index contributed by atoms with van der Waals surface area (Å²) in [5.41, 5.74) is 4.67. The van der Waals surface area contributed by atoms with Crippen molar-refractivity contribution in [1.29, 1.82) is 0 Å². The molecule has 0 aromatic rings. The number of aldehydes is 1. The van der Waals surface area contributed by atoms with Crippen molar-refractivity contribution in [1.82, 2.24) is 10.4 Å². The van der Waals surface area contributed by atoms with Gasteiger partial charge in [-0.1, -0.05) is 337 Å². The highest BCUT2D eigenvalue weighted by molar-refractivity contribution is 5.48. The average Bonchev–Trinajstić information content (AvgIpc) is 3.40. The molecule has 0 aliphatic carbocycles. The number of hydrazine groups is 1. The number of nitrogens with one attached hydrogen (secondary N) is 1. The van der Waals surface area contributed by atoms with Crippen LogP contribution in [0.1, 0.15) is 377 Å². The van der Waals surface area contributed by atoms with Gasteiger partial charge in [0.25, 0.3) is 0 Å². The first-order valence-electron chi connectivity index (χ1n) is 32.8. The van der Waals surface area contributed by atoms with E-state index in [2.05, 4.69) is 113 Å². The lowest BCUT2D eigenvalue weighted by atomic mass is 9.92. The molecule has 72 heavy (non-hydrogen) atoms. The van der Waals surface area contributed by atoms with Gasteiger partial charge in [0, 0.05) is 19.5 Å². The molecule has 0 saturated heterocycles. The van der Waals surface area contributed by atoms with E-state index < -0.39 is 0 Å². The Balaban J connectivity index is -0.000000203. The van der Waals surface area contributed by atoms with Crippen molar-refractivity contribution >= 4 is 6.29 Å². The van der Waals surface area contributed by atoms with Crippen LogP contribution in [0.4, 0.5) is 0 Å². The van der Waals surface area contributed by atoms with E-state index in [9.17, 15) is 4.79 Å². The smallest absolute Gasteiger partial charge is 0.119 e. The van der Waals surface area contributed by atoms with Gasteiger partial charge >= 0.3 is 0 Å². The highest BCUT2D eigenvalue weighted by Crippen LogP contribution is 2.22. The van der Waals surface area contributed by atoms with E-state index in [-0.39, 0.29) is 0 Å². The van der Waals surface area contributed by atoms with Gasteiger partial charge in [-0.05, 0) is 58.4 Å². The second-order valence-electron chi connectivity index (χ2n) is 21.7. The Kier molecular flexibility index (Phi) is 95.6. The summed E-state index contributed by atoms with van der Waals surface area (Å²) in [6, 6.07) is 0.712. The number of nitrogens with zero attached hydrogens (tertiary/aromatic N) is 1. The highest BCUT2D eigenvalue weighted by atomic mass is 16.1. The van der Waals surface area contributed by atoms with Crippen LogP contribution in [0.5, 0.6) is 0 Å². The van der Waals surface area contributed by atoms with Crippen LogP contribution in [0.3, 0.4) is 0 Å². The number of carbonyl (C=O) groups excluding carboxylic acids is 1. The molecule has 0 aromatic carbocycles. The quantitative estimate of drug-likeness (QED) is 0.0285. The van der Waals surface area contributed by atoms with E-state index in [4.69, 9.17) is 0 Å². The molecule has 0 aliphatic rings. The second-order valence-corrected chi connectivity index (χ2v) is 21.7. The Morgan fingerprint density at radius 1 is 0.431 bits per heavy atom. The fourth-order valence-electron chi connectivity index (χ4n) is 9.11. The summed E-state index contributed by atoms with van der Waals surface area (Å²) in [4.78, 5) is 9.84. The van der Waals surface area contributed by atoms with Crippen molar-refractivity contribution in [2.45, 2.75) is 383 Å². The van der Waals surface area contributed by atoms with Gasteiger partial charge in [0.15, 0.2) is 0 Å². The van der Waals surface area contributed by atoms with Gasteiger partial charge in [-0.15, -0.1) is 26.3 Å². The largest absolute Gasteiger partial charge is 0.303 e. The maximum Gasteiger partial charge on any atom is 0.119 e. The van der Waals surface area contributed by atoms with Gasteiger partial charge < -0.3 is 4.79 Å². The molecule has 0 amide bonds. The fourth-order valence-corrected chi connectivity index (χ4v) is 9.11. The molecule has 3 nitrogen and oxygen atoms in total.